The predicted octanol–water partition coefficient (Wildman–Crippen LogP) is 2.37. The van der Waals surface area contributed by atoms with Crippen molar-refractivity contribution in [2.24, 2.45) is 0 Å². The van der Waals surface area contributed by atoms with Crippen molar-refractivity contribution in [3.05, 3.63) is 59.4 Å². The number of rotatable bonds is 3. The van der Waals surface area contributed by atoms with Crippen LogP contribution in [-0.4, -0.2) is 28.4 Å². The smallest absolute Gasteiger partial charge is 0.354 e. The summed E-state index contributed by atoms with van der Waals surface area (Å²) in [6, 6.07) is 12.4. The molecule has 0 saturated heterocycles. The first-order valence-corrected chi connectivity index (χ1v) is 6.71. The molecule has 0 radical (unpaired) electrons. The Morgan fingerprint density at radius 3 is 2.81 bits per heavy atom. The topological polar surface area (TPSA) is 70.5 Å². The third-order valence-electron chi connectivity index (χ3n) is 3.53. The van der Waals surface area contributed by atoms with Gasteiger partial charge in [-0.2, -0.15) is 0 Å². The number of aromatic carboxylic acids is 1. The number of fused-ring (bicyclic) bond motifs is 1. The molecule has 2 heterocycles. The molecule has 2 aromatic rings. The number of carbonyl (C=O) groups is 2. The summed E-state index contributed by atoms with van der Waals surface area (Å²) in [4.78, 5) is 29.1. The Morgan fingerprint density at radius 2 is 2.00 bits per heavy atom. The average Bonchev–Trinajstić information content (AvgIpc) is 2.51. The van der Waals surface area contributed by atoms with E-state index in [1.165, 1.54) is 6.07 Å². The van der Waals surface area contributed by atoms with Crippen molar-refractivity contribution in [3.8, 4) is 0 Å². The number of anilines is 1. The Bertz CT molecular complexity index is 712. The zero-order chi connectivity index (χ0) is 14.8. The summed E-state index contributed by atoms with van der Waals surface area (Å²) in [5, 5.41) is 8.99. The normalized spacial score (nSPS) is 13.9. The van der Waals surface area contributed by atoms with E-state index in [-0.39, 0.29) is 11.5 Å². The lowest BCUT2D eigenvalue weighted by atomic mass is 10.0. The fourth-order valence-electron chi connectivity index (χ4n) is 2.52. The van der Waals surface area contributed by atoms with Crippen LogP contribution in [0.5, 0.6) is 0 Å². The Balaban J connectivity index is 1.89. The van der Waals surface area contributed by atoms with Crippen molar-refractivity contribution in [1.82, 2.24) is 4.98 Å². The van der Waals surface area contributed by atoms with Gasteiger partial charge in [0.1, 0.15) is 5.69 Å². The Labute approximate surface area is 121 Å². The molecule has 0 bridgehead atoms. The molecule has 21 heavy (non-hydrogen) atoms. The zero-order valence-corrected chi connectivity index (χ0v) is 11.3. The number of carboxylic acid groups (broad SMARTS) is 1. The van der Waals surface area contributed by atoms with Crippen LogP contribution in [0.15, 0.2) is 42.5 Å². The lowest BCUT2D eigenvalue weighted by molar-refractivity contribution is 0.0690. The molecule has 1 aliphatic heterocycles. The van der Waals surface area contributed by atoms with Gasteiger partial charge in [0.05, 0.1) is 12.2 Å². The molecular formula is C16H14N2O3. The van der Waals surface area contributed by atoms with Gasteiger partial charge in [-0.3, -0.25) is 4.79 Å². The van der Waals surface area contributed by atoms with Gasteiger partial charge in [0.25, 0.3) is 0 Å². The van der Waals surface area contributed by atoms with E-state index < -0.39 is 5.97 Å². The first-order chi connectivity index (χ1) is 10.1. The van der Waals surface area contributed by atoms with Crippen molar-refractivity contribution in [2.45, 2.75) is 13.0 Å². The van der Waals surface area contributed by atoms with E-state index >= 15 is 0 Å². The quantitative estimate of drug-likeness (QED) is 0.935. The van der Waals surface area contributed by atoms with E-state index in [0.29, 0.717) is 25.2 Å². The number of hydrogen-bond donors (Lipinski definition) is 1. The highest BCUT2D eigenvalue weighted by molar-refractivity contribution is 6.03. The van der Waals surface area contributed by atoms with Crippen LogP contribution >= 0.6 is 0 Å². The standard InChI is InChI=1S/C16H14N2O3/c19-15-8-9-18(14-7-2-1-5-12(14)15)10-11-4-3-6-13(17-11)16(20)21/h1-7H,8-10H2,(H,20,21). The highest BCUT2D eigenvalue weighted by atomic mass is 16.4. The third kappa shape index (κ3) is 2.63. The molecule has 0 aliphatic carbocycles. The second-order valence-corrected chi connectivity index (χ2v) is 4.93. The lowest BCUT2D eigenvalue weighted by Gasteiger charge is -2.30. The van der Waals surface area contributed by atoms with Gasteiger partial charge in [0, 0.05) is 24.2 Å². The van der Waals surface area contributed by atoms with Crippen LogP contribution in [0, 0.1) is 0 Å². The summed E-state index contributed by atoms with van der Waals surface area (Å²) in [6.45, 7) is 1.11. The Kier molecular flexibility index (Phi) is 3.39. The number of para-hydroxylation sites is 1. The minimum absolute atomic E-state index is 0.0360. The van der Waals surface area contributed by atoms with Crippen LogP contribution in [0.3, 0.4) is 0 Å². The van der Waals surface area contributed by atoms with E-state index in [9.17, 15) is 9.59 Å². The summed E-state index contributed by atoms with van der Waals surface area (Å²) in [5.41, 5.74) is 2.32. The molecular weight excluding hydrogens is 268 g/mol. The zero-order valence-electron chi connectivity index (χ0n) is 11.3. The van der Waals surface area contributed by atoms with Crippen molar-refractivity contribution in [3.63, 3.8) is 0 Å². The molecule has 0 atom stereocenters. The maximum atomic E-state index is 11.9. The largest absolute Gasteiger partial charge is 0.477 e. The van der Waals surface area contributed by atoms with E-state index in [2.05, 4.69) is 9.88 Å². The number of nitrogens with zero attached hydrogens (tertiary/aromatic N) is 2. The second-order valence-electron chi connectivity index (χ2n) is 4.93. The summed E-state index contributed by atoms with van der Waals surface area (Å²) in [6.07, 6.45) is 0.468. The van der Waals surface area contributed by atoms with Gasteiger partial charge >= 0.3 is 5.97 Å². The number of benzene rings is 1. The van der Waals surface area contributed by atoms with Crippen LogP contribution in [0.4, 0.5) is 5.69 Å². The van der Waals surface area contributed by atoms with Gasteiger partial charge in [-0.1, -0.05) is 18.2 Å². The third-order valence-corrected chi connectivity index (χ3v) is 3.53. The number of pyridine rings is 1. The number of hydrogen-bond acceptors (Lipinski definition) is 4. The van der Waals surface area contributed by atoms with Gasteiger partial charge in [-0.15, -0.1) is 0 Å². The average molecular weight is 282 g/mol. The van der Waals surface area contributed by atoms with Crippen LogP contribution < -0.4 is 4.90 Å². The van der Waals surface area contributed by atoms with Gasteiger partial charge in [-0.25, -0.2) is 9.78 Å². The highest BCUT2D eigenvalue weighted by Gasteiger charge is 2.22. The van der Waals surface area contributed by atoms with Crippen molar-refractivity contribution in [1.29, 1.82) is 0 Å². The fraction of sp³-hybridized carbons (Fsp3) is 0.188. The van der Waals surface area contributed by atoms with Gasteiger partial charge in [0.15, 0.2) is 5.78 Å². The Hall–Kier alpha value is -2.69. The monoisotopic (exact) mass is 282 g/mol. The summed E-state index contributed by atoms with van der Waals surface area (Å²) in [5.74, 6) is -0.889. The lowest BCUT2D eigenvalue weighted by Crippen LogP contribution is -2.32. The SMILES string of the molecule is O=C(O)c1cccc(CN2CCC(=O)c3ccccc32)n1. The second kappa shape index (κ2) is 5.36. The molecule has 5 nitrogen and oxygen atoms in total. The molecule has 5 heteroatoms. The number of ketones is 1. The molecule has 0 spiro atoms. The van der Waals surface area contributed by atoms with Gasteiger partial charge in [0.2, 0.25) is 0 Å². The molecule has 0 saturated carbocycles. The van der Waals surface area contributed by atoms with E-state index in [1.54, 1.807) is 12.1 Å². The van der Waals surface area contributed by atoms with Crippen LogP contribution in [0.1, 0.15) is 33.0 Å². The minimum atomic E-state index is -1.04. The summed E-state index contributed by atoms with van der Waals surface area (Å²) >= 11 is 0. The predicted molar refractivity (Wildman–Crippen MR) is 77.6 cm³/mol. The minimum Gasteiger partial charge on any atom is -0.477 e. The van der Waals surface area contributed by atoms with E-state index in [4.69, 9.17) is 5.11 Å². The van der Waals surface area contributed by atoms with Crippen LogP contribution in [0.25, 0.3) is 0 Å². The van der Waals surface area contributed by atoms with Gasteiger partial charge in [-0.05, 0) is 24.3 Å². The molecule has 1 N–H and O–H groups in total. The first kappa shape index (κ1) is 13.3. The molecule has 1 aromatic carbocycles. The molecule has 1 aromatic heterocycles. The molecule has 1 aliphatic rings. The van der Waals surface area contributed by atoms with E-state index in [0.717, 1.165) is 11.3 Å². The maximum Gasteiger partial charge on any atom is 0.354 e. The van der Waals surface area contributed by atoms with Crippen molar-refractivity contribution < 1.29 is 14.7 Å². The number of Topliss-reactive ketones (excluding diaryl/α,β-unsaturated/α-hetero) is 1. The molecule has 3 rings (SSSR count). The van der Waals surface area contributed by atoms with Crippen LogP contribution in [0.2, 0.25) is 0 Å². The van der Waals surface area contributed by atoms with Crippen molar-refractivity contribution >= 4 is 17.4 Å². The first-order valence-electron chi connectivity index (χ1n) is 6.71. The molecule has 106 valence electrons. The number of carboxylic acids is 1. The van der Waals surface area contributed by atoms with Crippen molar-refractivity contribution in [2.75, 3.05) is 11.4 Å². The summed E-state index contributed by atoms with van der Waals surface area (Å²) < 4.78 is 0. The number of aromatic nitrogens is 1. The van der Waals surface area contributed by atoms with E-state index in [1.807, 2.05) is 24.3 Å². The Morgan fingerprint density at radius 1 is 1.19 bits per heavy atom. The number of carbonyl (C=O) groups excluding carboxylic acids is 1. The van der Waals surface area contributed by atoms with Gasteiger partial charge < -0.3 is 10.0 Å². The highest BCUT2D eigenvalue weighted by Crippen LogP contribution is 2.27. The molecule has 0 unspecified atom stereocenters. The molecule has 0 amide bonds. The fourth-order valence-corrected chi connectivity index (χ4v) is 2.52. The summed E-state index contributed by atoms with van der Waals surface area (Å²) in [7, 11) is 0. The van der Waals surface area contributed by atoms with Crippen LogP contribution in [-0.2, 0) is 6.54 Å². The molecule has 0 fully saturated rings. The maximum absolute atomic E-state index is 11.9.